The largest absolute Gasteiger partial charge is 0.206 e. The SMILES string of the molecule is CCCCC[C@H]1CC[C@H](CCc2cc(F)c(C#CC3CCC(CC)CC3)c(F)c2)CC1. The standard InChI is InChI=1S/C29H42F2/c1-3-5-6-7-23-12-14-24(15-13-23)16-17-26-20-28(30)27(29(31)21-26)19-18-25-10-8-22(4-2)9-11-25/h20-25H,3-17H2,1-2H3/t22?,23-,24-,25?. The molecular weight excluding hydrogens is 386 g/mol. The Kier molecular flexibility index (Phi) is 9.89. The van der Waals surface area contributed by atoms with Crippen LogP contribution < -0.4 is 0 Å². The molecule has 2 heteroatoms. The quantitative estimate of drug-likeness (QED) is 0.286. The Labute approximate surface area is 189 Å². The van der Waals surface area contributed by atoms with Gasteiger partial charge in [0.2, 0.25) is 0 Å². The van der Waals surface area contributed by atoms with Crippen LogP contribution in [0.3, 0.4) is 0 Å². The van der Waals surface area contributed by atoms with Gasteiger partial charge in [0.25, 0.3) is 0 Å². The van der Waals surface area contributed by atoms with Gasteiger partial charge in [0.15, 0.2) is 0 Å². The van der Waals surface area contributed by atoms with Crippen molar-refractivity contribution in [2.24, 2.45) is 23.7 Å². The summed E-state index contributed by atoms with van der Waals surface area (Å²) in [6.45, 7) is 4.50. The van der Waals surface area contributed by atoms with Crippen molar-refractivity contribution in [3.8, 4) is 11.8 Å². The van der Waals surface area contributed by atoms with E-state index in [1.165, 1.54) is 82.8 Å². The molecule has 0 atom stereocenters. The fraction of sp³-hybridized carbons (Fsp3) is 0.724. The van der Waals surface area contributed by atoms with Crippen LogP contribution in [0, 0.1) is 47.1 Å². The molecule has 1 aromatic rings. The molecule has 2 fully saturated rings. The van der Waals surface area contributed by atoms with Gasteiger partial charge < -0.3 is 0 Å². The van der Waals surface area contributed by atoms with Gasteiger partial charge in [-0.25, -0.2) is 8.78 Å². The lowest BCUT2D eigenvalue weighted by Gasteiger charge is -2.28. The molecule has 0 radical (unpaired) electrons. The molecule has 0 heterocycles. The second kappa shape index (κ2) is 12.6. The van der Waals surface area contributed by atoms with E-state index in [1.807, 2.05) is 0 Å². The van der Waals surface area contributed by atoms with E-state index in [0.717, 1.165) is 43.1 Å². The molecule has 1 aromatic carbocycles. The second-order valence-electron chi connectivity index (χ2n) is 10.3. The number of benzene rings is 1. The molecule has 172 valence electrons. The van der Waals surface area contributed by atoms with Crippen LogP contribution >= 0.6 is 0 Å². The third kappa shape index (κ3) is 7.62. The number of halogens is 2. The van der Waals surface area contributed by atoms with Crippen molar-refractivity contribution < 1.29 is 8.78 Å². The fourth-order valence-corrected chi connectivity index (χ4v) is 5.64. The minimum Gasteiger partial charge on any atom is -0.206 e. The van der Waals surface area contributed by atoms with Crippen LogP contribution in [-0.2, 0) is 6.42 Å². The summed E-state index contributed by atoms with van der Waals surface area (Å²) in [7, 11) is 0. The van der Waals surface area contributed by atoms with Crippen molar-refractivity contribution in [1.29, 1.82) is 0 Å². The topological polar surface area (TPSA) is 0 Å². The van der Waals surface area contributed by atoms with Crippen molar-refractivity contribution in [1.82, 2.24) is 0 Å². The number of hydrogen-bond donors (Lipinski definition) is 0. The molecule has 0 bridgehead atoms. The van der Waals surface area contributed by atoms with E-state index in [0.29, 0.717) is 11.8 Å². The van der Waals surface area contributed by atoms with E-state index >= 15 is 0 Å². The van der Waals surface area contributed by atoms with Gasteiger partial charge in [0.05, 0.1) is 5.56 Å². The van der Waals surface area contributed by atoms with E-state index in [2.05, 4.69) is 25.7 Å². The first-order valence-electron chi connectivity index (χ1n) is 13.1. The molecule has 0 saturated heterocycles. The summed E-state index contributed by atoms with van der Waals surface area (Å²) < 4.78 is 29.2. The van der Waals surface area contributed by atoms with E-state index in [9.17, 15) is 8.78 Å². The molecule has 0 nitrogen and oxygen atoms in total. The molecule has 31 heavy (non-hydrogen) atoms. The van der Waals surface area contributed by atoms with Crippen molar-refractivity contribution in [2.75, 3.05) is 0 Å². The highest BCUT2D eigenvalue weighted by Gasteiger charge is 2.21. The first-order valence-corrected chi connectivity index (χ1v) is 13.1. The predicted molar refractivity (Wildman–Crippen MR) is 127 cm³/mol. The first kappa shape index (κ1) is 24.3. The minimum absolute atomic E-state index is 0.0334. The highest BCUT2D eigenvalue weighted by molar-refractivity contribution is 5.39. The Bertz CT molecular complexity index is 702. The Hall–Kier alpha value is -1.36. The predicted octanol–water partition coefficient (Wildman–Crippen LogP) is 8.85. The second-order valence-corrected chi connectivity index (χ2v) is 10.3. The molecule has 0 aliphatic heterocycles. The summed E-state index contributed by atoms with van der Waals surface area (Å²) in [6.07, 6.45) is 18.2. The third-order valence-electron chi connectivity index (χ3n) is 7.95. The molecule has 0 amide bonds. The normalized spacial score (nSPS) is 26.3. The molecular formula is C29H42F2. The van der Waals surface area contributed by atoms with Gasteiger partial charge in [-0.05, 0) is 74.0 Å². The summed E-state index contributed by atoms with van der Waals surface area (Å²) in [5.41, 5.74) is 0.753. The van der Waals surface area contributed by atoms with Gasteiger partial charge in [0.1, 0.15) is 11.6 Å². The zero-order valence-electron chi connectivity index (χ0n) is 19.8. The van der Waals surface area contributed by atoms with Crippen molar-refractivity contribution in [2.45, 2.75) is 110 Å². The molecule has 3 rings (SSSR count). The maximum absolute atomic E-state index is 14.6. The smallest absolute Gasteiger partial charge is 0.142 e. The lowest BCUT2D eigenvalue weighted by Crippen LogP contribution is -2.15. The zero-order chi connectivity index (χ0) is 22.1. The van der Waals surface area contributed by atoms with E-state index in [4.69, 9.17) is 0 Å². The molecule has 2 aliphatic rings. The summed E-state index contributed by atoms with van der Waals surface area (Å²) in [5.74, 6) is 7.76. The summed E-state index contributed by atoms with van der Waals surface area (Å²) >= 11 is 0. The Morgan fingerprint density at radius 2 is 1.35 bits per heavy atom. The summed E-state index contributed by atoms with van der Waals surface area (Å²) in [4.78, 5) is 0. The average Bonchev–Trinajstić information content (AvgIpc) is 2.78. The third-order valence-corrected chi connectivity index (χ3v) is 7.95. The van der Waals surface area contributed by atoms with Crippen LogP contribution in [0.2, 0.25) is 0 Å². The number of rotatable bonds is 8. The Balaban J connectivity index is 1.47. The summed E-state index contributed by atoms with van der Waals surface area (Å²) in [5, 5.41) is 0. The van der Waals surface area contributed by atoms with Crippen molar-refractivity contribution in [3.05, 3.63) is 34.9 Å². The molecule has 0 unspecified atom stereocenters. The highest BCUT2D eigenvalue weighted by Crippen LogP contribution is 2.34. The van der Waals surface area contributed by atoms with Crippen LogP contribution in [0.25, 0.3) is 0 Å². The van der Waals surface area contributed by atoms with Crippen LogP contribution in [0.1, 0.15) is 115 Å². The Morgan fingerprint density at radius 3 is 1.94 bits per heavy atom. The lowest BCUT2D eigenvalue weighted by molar-refractivity contribution is 0.249. The van der Waals surface area contributed by atoms with Gasteiger partial charge in [-0.15, -0.1) is 0 Å². The lowest BCUT2D eigenvalue weighted by atomic mass is 9.78. The van der Waals surface area contributed by atoms with Gasteiger partial charge in [-0.2, -0.15) is 0 Å². The van der Waals surface area contributed by atoms with Gasteiger partial charge in [-0.3, -0.25) is 0 Å². The van der Waals surface area contributed by atoms with Crippen LogP contribution in [0.4, 0.5) is 8.78 Å². The average molecular weight is 429 g/mol. The maximum Gasteiger partial charge on any atom is 0.142 e. The van der Waals surface area contributed by atoms with Crippen LogP contribution in [0.5, 0.6) is 0 Å². The van der Waals surface area contributed by atoms with Crippen molar-refractivity contribution in [3.63, 3.8) is 0 Å². The Morgan fingerprint density at radius 1 is 0.774 bits per heavy atom. The summed E-state index contributed by atoms with van der Waals surface area (Å²) in [6, 6.07) is 3.05. The highest BCUT2D eigenvalue weighted by atomic mass is 19.1. The molecule has 0 N–H and O–H groups in total. The van der Waals surface area contributed by atoms with Crippen LogP contribution in [0.15, 0.2) is 12.1 Å². The van der Waals surface area contributed by atoms with E-state index < -0.39 is 11.6 Å². The van der Waals surface area contributed by atoms with Crippen LogP contribution in [-0.4, -0.2) is 0 Å². The van der Waals surface area contributed by atoms with E-state index in [1.54, 1.807) is 0 Å². The minimum atomic E-state index is -0.482. The van der Waals surface area contributed by atoms with Gasteiger partial charge in [-0.1, -0.05) is 83.5 Å². The zero-order valence-corrected chi connectivity index (χ0v) is 19.8. The number of aryl methyl sites for hydroxylation is 1. The molecule has 0 spiro atoms. The van der Waals surface area contributed by atoms with E-state index in [-0.39, 0.29) is 5.56 Å². The fourth-order valence-electron chi connectivity index (χ4n) is 5.64. The molecule has 2 saturated carbocycles. The monoisotopic (exact) mass is 428 g/mol. The van der Waals surface area contributed by atoms with Crippen molar-refractivity contribution >= 4 is 0 Å². The molecule has 2 aliphatic carbocycles. The number of unbranched alkanes of at least 4 members (excludes halogenated alkanes) is 2. The first-order chi connectivity index (χ1) is 15.1. The number of hydrogen-bond acceptors (Lipinski definition) is 0. The van der Waals surface area contributed by atoms with Gasteiger partial charge >= 0.3 is 0 Å². The molecule has 0 aromatic heterocycles. The van der Waals surface area contributed by atoms with Gasteiger partial charge in [0, 0.05) is 5.92 Å². The maximum atomic E-state index is 14.6.